The van der Waals surface area contributed by atoms with E-state index in [9.17, 15) is 9.90 Å². The molecule has 1 rings (SSSR count). The number of phenols is 1. The Labute approximate surface area is 132 Å². The molecule has 0 aliphatic carbocycles. The standard InChI is InChI=1S/C18H24N2O2/c1-2-3-4-5-6-7-11-20-18(22)16(14-19)12-15-9-8-10-17(21)13-15/h8-10,12-13,21H,2-7,11H2,1H3,(H,20,22)/b16-12+. The molecule has 0 spiro atoms. The Balaban J connectivity index is 2.40. The largest absolute Gasteiger partial charge is 0.508 e. The number of benzene rings is 1. The number of aromatic hydroxyl groups is 1. The molecule has 22 heavy (non-hydrogen) atoms. The van der Waals surface area contributed by atoms with Crippen LogP contribution in [0.25, 0.3) is 6.08 Å². The number of nitrogens with one attached hydrogen (secondary N) is 1. The van der Waals surface area contributed by atoms with Crippen LogP contribution in [0.3, 0.4) is 0 Å². The van der Waals surface area contributed by atoms with E-state index < -0.39 is 0 Å². The molecule has 118 valence electrons. The molecule has 0 aliphatic heterocycles. The first-order valence-corrected chi connectivity index (χ1v) is 7.86. The number of unbranched alkanes of at least 4 members (excludes halogenated alkanes) is 5. The Morgan fingerprint density at radius 1 is 1.27 bits per heavy atom. The molecule has 4 heteroatoms. The van der Waals surface area contributed by atoms with Gasteiger partial charge < -0.3 is 10.4 Å². The monoisotopic (exact) mass is 300 g/mol. The Morgan fingerprint density at radius 3 is 2.68 bits per heavy atom. The van der Waals surface area contributed by atoms with E-state index in [-0.39, 0.29) is 17.2 Å². The van der Waals surface area contributed by atoms with Crippen LogP contribution < -0.4 is 5.32 Å². The van der Waals surface area contributed by atoms with E-state index in [1.54, 1.807) is 18.2 Å². The fourth-order valence-electron chi connectivity index (χ4n) is 2.13. The average Bonchev–Trinajstić information content (AvgIpc) is 2.51. The molecule has 0 fully saturated rings. The Kier molecular flexibility index (Phi) is 8.44. The second kappa shape index (κ2) is 10.4. The predicted octanol–water partition coefficient (Wildman–Crippen LogP) is 3.78. The van der Waals surface area contributed by atoms with Gasteiger partial charge in [0.1, 0.15) is 17.4 Å². The predicted molar refractivity (Wildman–Crippen MR) is 88.1 cm³/mol. The van der Waals surface area contributed by atoms with Gasteiger partial charge in [-0.15, -0.1) is 0 Å². The van der Waals surface area contributed by atoms with E-state index >= 15 is 0 Å². The Hall–Kier alpha value is -2.28. The minimum atomic E-state index is -0.362. The molecule has 0 bridgehead atoms. The van der Waals surface area contributed by atoms with Crippen molar-refractivity contribution in [3.05, 3.63) is 35.4 Å². The molecule has 1 aromatic carbocycles. The van der Waals surface area contributed by atoms with Crippen molar-refractivity contribution in [3.8, 4) is 11.8 Å². The summed E-state index contributed by atoms with van der Waals surface area (Å²) in [7, 11) is 0. The lowest BCUT2D eigenvalue weighted by Crippen LogP contribution is -2.25. The zero-order chi connectivity index (χ0) is 16.2. The van der Waals surface area contributed by atoms with Crippen LogP contribution in [0.5, 0.6) is 5.75 Å². The number of rotatable bonds is 9. The summed E-state index contributed by atoms with van der Waals surface area (Å²) < 4.78 is 0. The number of carbonyl (C=O) groups excluding carboxylic acids is 1. The Morgan fingerprint density at radius 2 is 2.00 bits per heavy atom. The van der Waals surface area contributed by atoms with Gasteiger partial charge >= 0.3 is 0 Å². The van der Waals surface area contributed by atoms with Crippen molar-refractivity contribution >= 4 is 12.0 Å². The molecule has 0 aliphatic rings. The summed E-state index contributed by atoms with van der Waals surface area (Å²) in [5, 5.41) is 21.2. The molecule has 1 aromatic rings. The van der Waals surface area contributed by atoms with Crippen molar-refractivity contribution in [1.29, 1.82) is 5.26 Å². The lowest BCUT2D eigenvalue weighted by molar-refractivity contribution is -0.117. The fourth-order valence-corrected chi connectivity index (χ4v) is 2.13. The first-order valence-electron chi connectivity index (χ1n) is 7.86. The third kappa shape index (κ3) is 6.94. The molecule has 1 amide bonds. The SMILES string of the molecule is CCCCCCCCNC(=O)/C(C#N)=C/c1cccc(O)c1. The van der Waals surface area contributed by atoms with Crippen molar-refractivity contribution in [3.63, 3.8) is 0 Å². The first kappa shape index (κ1) is 17.8. The van der Waals surface area contributed by atoms with E-state index in [2.05, 4.69) is 12.2 Å². The normalized spacial score (nSPS) is 11.0. The summed E-state index contributed by atoms with van der Waals surface area (Å²) in [4.78, 5) is 11.9. The summed E-state index contributed by atoms with van der Waals surface area (Å²) in [5.41, 5.74) is 0.683. The molecule has 0 heterocycles. The van der Waals surface area contributed by atoms with Crippen LogP contribution in [0.1, 0.15) is 51.0 Å². The summed E-state index contributed by atoms with van der Waals surface area (Å²) in [6, 6.07) is 8.37. The first-order chi connectivity index (χ1) is 10.7. The van der Waals surface area contributed by atoms with Crippen LogP contribution in [0.15, 0.2) is 29.8 Å². The highest BCUT2D eigenvalue weighted by Crippen LogP contribution is 2.14. The van der Waals surface area contributed by atoms with Gasteiger partial charge in [0, 0.05) is 6.54 Å². The van der Waals surface area contributed by atoms with Crippen LogP contribution in [0, 0.1) is 11.3 Å². The summed E-state index contributed by atoms with van der Waals surface area (Å²) in [6.07, 6.45) is 8.42. The van der Waals surface area contributed by atoms with Gasteiger partial charge in [0.25, 0.3) is 5.91 Å². The lowest BCUT2D eigenvalue weighted by atomic mass is 10.1. The van der Waals surface area contributed by atoms with Gasteiger partial charge in [-0.1, -0.05) is 51.2 Å². The molecule has 4 nitrogen and oxygen atoms in total. The number of phenolic OH excluding ortho intramolecular Hbond substituents is 1. The third-order valence-corrected chi connectivity index (χ3v) is 3.36. The second-order valence-corrected chi connectivity index (χ2v) is 5.29. The van der Waals surface area contributed by atoms with Crippen molar-refractivity contribution in [2.45, 2.75) is 45.4 Å². The molecule has 0 aromatic heterocycles. The molecule has 0 saturated heterocycles. The van der Waals surface area contributed by atoms with Crippen molar-refractivity contribution in [1.82, 2.24) is 5.32 Å². The van der Waals surface area contributed by atoms with Gasteiger partial charge in [0.05, 0.1) is 0 Å². The zero-order valence-electron chi connectivity index (χ0n) is 13.1. The van der Waals surface area contributed by atoms with Gasteiger partial charge in [-0.3, -0.25) is 4.79 Å². The Bertz CT molecular complexity index is 544. The number of nitrogens with zero attached hydrogens (tertiary/aromatic N) is 1. The summed E-state index contributed by atoms with van der Waals surface area (Å²) >= 11 is 0. The summed E-state index contributed by atoms with van der Waals surface area (Å²) in [6.45, 7) is 2.77. The number of amides is 1. The number of nitriles is 1. The van der Waals surface area contributed by atoms with Gasteiger partial charge in [-0.2, -0.15) is 5.26 Å². The van der Waals surface area contributed by atoms with Gasteiger partial charge in [-0.05, 0) is 30.2 Å². The minimum absolute atomic E-state index is 0.0524. The van der Waals surface area contributed by atoms with Gasteiger partial charge in [-0.25, -0.2) is 0 Å². The quantitative estimate of drug-likeness (QED) is 0.414. The van der Waals surface area contributed by atoms with E-state index in [1.807, 2.05) is 6.07 Å². The molecule has 0 radical (unpaired) electrons. The van der Waals surface area contributed by atoms with Crippen molar-refractivity contribution in [2.75, 3.05) is 6.54 Å². The molecule has 0 unspecified atom stereocenters. The van der Waals surface area contributed by atoms with Crippen LogP contribution >= 0.6 is 0 Å². The zero-order valence-corrected chi connectivity index (χ0v) is 13.1. The number of hydrogen-bond donors (Lipinski definition) is 2. The van der Waals surface area contributed by atoms with Crippen molar-refractivity contribution in [2.24, 2.45) is 0 Å². The molecule has 0 saturated carbocycles. The highest BCUT2D eigenvalue weighted by molar-refractivity contribution is 6.01. The molecular weight excluding hydrogens is 276 g/mol. The maximum Gasteiger partial charge on any atom is 0.261 e. The van der Waals surface area contributed by atoms with E-state index in [4.69, 9.17) is 5.26 Å². The van der Waals surface area contributed by atoms with E-state index in [0.717, 1.165) is 12.8 Å². The molecule has 2 N–H and O–H groups in total. The van der Waals surface area contributed by atoms with Crippen LogP contribution in [0.4, 0.5) is 0 Å². The van der Waals surface area contributed by atoms with Crippen LogP contribution in [-0.4, -0.2) is 17.6 Å². The van der Waals surface area contributed by atoms with E-state index in [1.165, 1.54) is 37.8 Å². The van der Waals surface area contributed by atoms with Gasteiger partial charge in [0.2, 0.25) is 0 Å². The topological polar surface area (TPSA) is 73.1 Å². The molecular formula is C18H24N2O2. The lowest BCUT2D eigenvalue weighted by Gasteiger charge is -2.04. The number of carbonyl (C=O) groups is 1. The summed E-state index contributed by atoms with van der Waals surface area (Å²) in [5.74, 6) is -0.252. The smallest absolute Gasteiger partial charge is 0.261 e. The highest BCUT2D eigenvalue weighted by Gasteiger charge is 2.08. The highest BCUT2D eigenvalue weighted by atomic mass is 16.3. The third-order valence-electron chi connectivity index (χ3n) is 3.36. The van der Waals surface area contributed by atoms with Crippen LogP contribution in [-0.2, 0) is 4.79 Å². The van der Waals surface area contributed by atoms with Crippen LogP contribution in [0.2, 0.25) is 0 Å². The maximum atomic E-state index is 11.9. The van der Waals surface area contributed by atoms with Gasteiger partial charge in [0.15, 0.2) is 0 Å². The van der Waals surface area contributed by atoms with Crippen molar-refractivity contribution < 1.29 is 9.90 Å². The van der Waals surface area contributed by atoms with E-state index in [0.29, 0.717) is 12.1 Å². The molecule has 0 atom stereocenters. The maximum absolute atomic E-state index is 11.9. The minimum Gasteiger partial charge on any atom is -0.508 e. The second-order valence-electron chi connectivity index (χ2n) is 5.29. The number of hydrogen-bond acceptors (Lipinski definition) is 3. The fraction of sp³-hybridized carbons (Fsp3) is 0.444. The average molecular weight is 300 g/mol.